The van der Waals surface area contributed by atoms with E-state index in [1.165, 1.54) is 11.6 Å². The third kappa shape index (κ3) is 2.37. The van der Waals surface area contributed by atoms with Crippen molar-refractivity contribution in [3.8, 4) is 0 Å². The van der Waals surface area contributed by atoms with Crippen molar-refractivity contribution in [2.75, 3.05) is 11.4 Å². The fourth-order valence-electron chi connectivity index (χ4n) is 2.46. The fourth-order valence-corrected chi connectivity index (χ4v) is 3.26. The molecule has 2 aromatic carbocycles. The molecule has 0 unspecified atom stereocenters. The summed E-state index contributed by atoms with van der Waals surface area (Å²) in [6, 6.07) is 11.0. The third-order valence-electron chi connectivity index (χ3n) is 3.40. The van der Waals surface area contributed by atoms with Gasteiger partial charge in [-0.1, -0.05) is 12.1 Å². The molecular formula is C15H12BrClFN. The predicted molar refractivity (Wildman–Crippen MR) is 80.8 cm³/mol. The standard InChI is InChI=1S/C15H12BrClFN/c16-13-7-10(9-17)1-4-14(13)19-6-5-11-2-3-12(18)8-15(11)19/h1-4,7-8H,5-6,9H2. The second-order valence-electron chi connectivity index (χ2n) is 4.59. The van der Waals surface area contributed by atoms with Crippen molar-refractivity contribution in [1.82, 2.24) is 0 Å². The van der Waals surface area contributed by atoms with Crippen LogP contribution in [0.1, 0.15) is 11.1 Å². The van der Waals surface area contributed by atoms with Crippen LogP contribution in [0.4, 0.5) is 15.8 Å². The molecule has 0 aromatic heterocycles. The Morgan fingerprint density at radius 3 is 2.74 bits per heavy atom. The highest BCUT2D eigenvalue weighted by atomic mass is 79.9. The number of hydrogen-bond donors (Lipinski definition) is 0. The van der Waals surface area contributed by atoms with Gasteiger partial charge in [0.15, 0.2) is 0 Å². The van der Waals surface area contributed by atoms with Gasteiger partial charge in [0.2, 0.25) is 0 Å². The topological polar surface area (TPSA) is 3.24 Å². The predicted octanol–water partition coefficient (Wildman–Crippen LogP) is 5.02. The van der Waals surface area contributed by atoms with Crippen molar-refractivity contribution in [2.24, 2.45) is 0 Å². The lowest BCUT2D eigenvalue weighted by atomic mass is 10.1. The Bertz CT molecular complexity index is 630. The number of anilines is 2. The van der Waals surface area contributed by atoms with Crippen molar-refractivity contribution in [3.05, 3.63) is 57.8 Å². The van der Waals surface area contributed by atoms with Crippen LogP contribution < -0.4 is 4.90 Å². The Morgan fingerprint density at radius 1 is 1.16 bits per heavy atom. The average Bonchev–Trinajstić information content (AvgIpc) is 2.81. The molecule has 0 radical (unpaired) electrons. The smallest absolute Gasteiger partial charge is 0.125 e. The van der Waals surface area contributed by atoms with Gasteiger partial charge in [0.25, 0.3) is 0 Å². The lowest BCUT2D eigenvalue weighted by molar-refractivity contribution is 0.628. The molecule has 0 spiro atoms. The van der Waals surface area contributed by atoms with Crippen molar-refractivity contribution >= 4 is 38.9 Å². The van der Waals surface area contributed by atoms with Gasteiger partial charge in [0.1, 0.15) is 5.82 Å². The zero-order valence-electron chi connectivity index (χ0n) is 10.2. The molecule has 4 heteroatoms. The van der Waals surface area contributed by atoms with Crippen LogP contribution in [0.2, 0.25) is 0 Å². The lowest BCUT2D eigenvalue weighted by Crippen LogP contribution is -2.14. The number of benzene rings is 2. The molecule has 0 fully saturated rings. The number of hydrogen-bond acceptors (Lipinski definition) is 1. The molecule has 1 aliphatic rings. The summed E-state index contributed by atoms with van der Waals surface area (Å²) in [7, 11) is 0. The van der Waals surface area contributed by atoms with Gasteiger partial charge in [0.05, 0.1) is 5.69 Å². The molecular weight excluding hydrogens is 329 g/mol. The molecule has 19 heavy (non-hydrogen) atoms. The summed E-state index contributed by atoms with van der Waals surface area (Å²) in [6.45, 7) is 0.873. The first kappa shape index (κ1) is 12.9. The van der Waals surface area contributed by atoms with Gasteiger partial charge in [-0.15, -0.1) is 11.6 Å². The summed E-state index contributed by atoms with van der Waals surface area (Å²) < 4.78 is 14.4. The number of halogens is 3. The first-order chi connectivity index (χ1) is 9.19. The number of rotatable bonds is 2. The van der Waals surface area contributed by atoms with Crippen LogP contribution >= 0.6 is 27.5 Å². The highest BCUT2D eigenvalue weighted by molar-refractivity contribution is 9.10. The van der Waals surface area contributed by atoms with Gasteiger partial charge in [-0.3, -0.25) is 0 Å². The van der Waals surface area contributed by atoms with Crippen molar-refractivity contribution < 1.29 is 4.39 Å². The highest BCUT2D eigenvalue weighted by Gasteiger charge is 2.22. The van der Waals surface area contributed by atoms with Crippen LogP contribution in [-0.2, 0) is 12.3 Å². The van der Waals surface area contributed by atoms with E-state index < -0.39 is 0 Å². The van der Waals surface area contributed by atoms with Gasteiger partial charge in [-0.25, -0.2) is 4.39 Å². The average molecular weight is 341 g/mol. The minimum Gasteiger partial charge on any atom is -0.340 e. The van der Waals surface area contributed by atoms with Crippen LogP contribution in [0.15, 0.2) is 40.9 Å². The van der Waals surface area contributed by atoms with Crippen LogP contribution in [0.25, 0.3) is 0 Å². The zero-order chi connectivity index (χ0) is 13.4. The Kier molecular flexibility index (Phi) is 3.50. The third-order valence-corrected chi connectivity index (χ3v) is 4.34. The molecule has 3 rings (SSSR count). The summed E-state index contributed by atoms with van der Waals surface area (Å²) >= 11 is 9.40. The molecule has 2 aromatic rings. The summed E-state index contributed by atoms with van der Waals surface area (Å²) in [4.78, 5) is 2.14. The van der Waals surface area contributed by atoms with E-state index in [2.05, 4.69) is 20.8 Å². The zero-order valence-corrected chi connectivity index (χ0v) is 12.5. The number of nitrogens with zero attached hydrogens (tertiary/aromatic N) is 1. The van der Waals surface area contributed by atoms with Gasteiger partial charge >= 0.3 is 0 Å². The quantitative estimate of drug-likeness (QED) is 0.694. The molecule has 0 saturated heterocycles. The maximum Gasteiger partial charge on any atom is 0.125 e. The molecule has 98 valence electrons. The van der Waals surface area contributed by atoms with E-state index >= 15 is 0 Å². The van der Waals surface area contributed by atoms with Crippen molar-refractivity contribution in [1.29, 1.82) is 0 Å². The van der Waals surface area contributed by atoms with E-state index in [0.717, 1.165) is 34.4 Å². The first-order valence-corrected chi connectivity index (χ1v) is 7.42. The molecule has 0 saturated carbocycles. The lowest BCUT2D eigenvalue weighted by Gasteiger charge is -2.21. The summed E-state index contributed by atoms with van der Waals surface area (Å²) in [5.41, 5.74) is 4.27. The molecule has 1 nitrogen and oxygen atoms in total. The monoisotopic (exact) mass is 339 g/mol. The molecule has 0 bridgehead atoms. The van der Waals surface area contributed by atoms with E-state index in [9.17, 15) is 4.39 Å². The van der Waals surface area contributed by atoms with Crippen molar-refractivity contribution in [2.45, 2.75) is 12.3 Å². The second kappa shape index (κ2) is 5.14. The maximum absolute atomic E-state index is 13.4. The van der Waals surface area contributed by atoms with Gasteiger partial charge in [-0.05, 0) is 57.7 Å². The number of fused-ring (bicyclic) bond motifs is 1. The Hall–Kier alpha value is -1.06. The number of alkyl halides is 1. The fraction of sp³-hybridized carbons (Fsp3) is 0.200. The summed E-state index contributed by atoms with van der Waals surface area (Å²) in [6.07, 6.45) is 0.944. The van der Waals surface area contributed by atoms with Crippen LogP contribution in [0.5, 0.6) is 0 Å². The van der Waals surface area contributed by atoms with E-state index in [1.54, 1.807) is 6.07 Å². The molecule has 0 amide bonds. The molecule has 1 heterocycles. The van der Waals surface area contributed by atoms with Crippen molar-refractivity contribution in [3.63, 3.8) is 0 Å². The van der Waals surface area contributed by atoms with E-state index in [1.807, 2.05) is 24.3 Å². The molecule has 0 atom stereocenters. The van der Waals surface area contributed by atoms with Crippen LogP contribution in [0.3, 0.4) is 0 Å². The highest BCUT2D eigenvalue weighted by Crippen LogP contribution is 2.39. The minimum absolute atomic E-state index is 0.195. The first-order valence-electron chi connectivity index (χ1n) is 6.09. The van der Waals surface area contributed by atoms with Gasteiger partial charge < -0.3 is 4.90 Å². The van der Waals surface area contributed by atoms with E-state index in [0.29, 0.717) is 5.88 Å². The molecule has 0 aliphatic carbocycles. The van der Waals surface area contributed by atoms with Gasteiger partial charge in [-0.2, -0.15) is 0 Å². The molecule has 0 N–H and O–H groups in total. The minimum atomic E-state index is -0.195. The summed E-state index contributed by atoms with van der Waals surface area (Å²) in [5.74, 6) is 0.295. The normalized spacial score (nSPS) is 13.7. The van der Waals surface area contributed by atoms with Gasteiger partial charge in [0, 0.05) is 22.6 Å². The van der Waals surface area contributed by atoms with E-state index in [4.69, 9.17) is 11.6 Å². The van der Waals surface area contributed by atoms with Crippen LogP contribution in [-0.4, -0.2) is 6.54 Å². The van der Waals surface area contributed by atoms with E-state index in [-0.39, 0.29) is 5.82 Å². The summed E-state index contributed by atoms with van der Waals surface area (Å²) in [5, 5.41) is 0. The molecule has 1 aliphatic heterocycles. The maximum atomic E-state index is 13.4. The second-order valence-corrected chi connectivity index (χ2v) is 5.72. The SMILES string of the molecule is Fc1ccc2c(c1)N(c1ccc(CCl)cc1Br)CC2. The Labute approximate surface area is 125 Å². The Balaban J connectivity index is 2.04. The van der Waals surface area contributed by atoms with Crippen LogP contribution in [0, 0.1) is 5.82 Å². The largest absolute Gasteiger partial charge is 0.340 e. The Morgan fingerprint density at radius 2 is 2.00 bits per heavy atom.